The molecule has 2 aliphatic rings. The molecule has 0 fully saturated rings. The molecule has 41 heavy (non-hydrogen) atoms. The molecule has 0 unspecified atom stereocenters. The topological polar surface area (TPSA) is 0 Å². The molecule has 7 aromatic carbocycles. The second kappa shape index (κ2) is 7.25. The van der Waals surface area contributed by atoms with Crippen LogP contribution in [-0.2, 0) is 0 Å². The lowest BCUT2D eigenvalue weighted by molar-refractivity contribution is 1.66. The van der Waals surface area contributed by atoms with Gasteiger partial charge in [-0.25, -0.2) is 0 Å². The average molecular weight is 551 g/mol. The number of thiophene rings is 2. The van der Waals surface area contributed by atoms with E-state index in [0.717, 1.165) is 0 Å². The number of fused-ring (bicyclic) bond motifs is 12. The summed E-state index contributed by atoms with van der Waals surface area (Å²) in [6.07, 6.45) is 0. The first-order valence-electron chi connectivity index (χ1n) is 14.2. The van der Waals surface area contributed by atoms with Gasteiger partial charge in [0, 0.05) is 40.3 Å². The molecule has 0 radical (unpaired) electrons. The monoisotopic (exact) mass is 550 g/mol. The van der Waals surface area contributed by atoms with Crippen LogP contribution in [-0.4, -0.2) is 6.71 Å². The maximum Gasteiger partial charge on any atom is 0.244 e. The van der Waals surface area contributed by atoms with E-state index in [-0.39, 0.29) is 6.71 Å². The predicted octanol–water partition coefficient (Wildman–Crippen LogP) is 9.21. The van der Waals surface area contributed by atoms with E-state index in [0.29, 0.717) is 0 Å². The van der Waals surface area contributed by atoms with Gasteiger partial charge in [0.15, 0.2) is 0 Å². The zero-order chi connectivity index (χ0) is 26.4. The lowest BCUT2D eigenvalue weighted by Gasteiger charge is -2.34. The van der Waals surface area contributed by atoms with Gasteiger partial charge in [-0.2, -0.15) is 0 Å². The van der Waals surface area contributed by atoms with Crippen molar-refractivity contribution in [1.82, 2.24) is 0 Å². The van der Waals surface area contributed by atoms with Crippen molar-refractivity contribution in [3.63, 3.8) is 0 Å². The molecule has 0 atom stereocenters. The lowest BCUT2D eigenvalue weighted by atomic mass is 9.31. The molecular weight excluding hydrogens is 531 g/mol. The minimum absolute atomic E-state index is 0.221. The highest BCUT2D eigenvalue weighted by atomic mass is 32.1. The summed E-state index contributed by atoms with van der Waals surface area (Å²) < 4.78 is 5.49. The van der Waals surface area contributed by atoms with Gasteiger partial charge in [0.1, 0.15) is 0 Å². The van der Waals surface area contributed by atoms with Gasteiger partial charge in [0.05, 0.1) is 0 Å². The molecule has 2 aromatic heterocycles. The zero-order valence-corrected chi connectivity index (χ0v) is 23.5. The Kier molecular flexibility index (Phi) is 3.77. The first kappa shape index (κ1) is 21.3. The van der Waals surface area contributed by atoms with E-state index in [1.165, 1.54) is 101 Å². The van der Waals surface area contributed by atoms with E-state index >= 15 is 0 Å². The Labute approximate surface area is 244 Å². The third kappa shape index (κ3) is 2.46. The Morgan fingerprint density at radius 3 is 1.37 bits per heavy atom. The normalized spacial score (nSPS) is 13.3. The van der Waals surface area contributed by atoms with Gasteiger partial charge in [0.2, 0.25) is 6.71 Å². The molecule has 3 heteroatoms. The molecule has 0 aliphatic carbocycles. The van der Waals surface area contributed by atoms with Gasteiger partial charge in [-0.1, -0.05) is 107 Å². The fourth-order valence-corrected chi connectivity index (χ4v) is 10.5. The summed E-state index contributed by atoms with van der Waals surface area (Å²) in [6, 6.07) is 43.9. The van der Waals surface area contributed by atoms with Gasteiger partial charge < -0.3 is 0 Å². The van der Waals surface area contributed by atoms with Crippen LogP contribution in [0.2, 0.25) is 0 Å². The van der Waals surface area contributed by atoms with Crippen molar-refractivity contribution in [1.29, 1.82) is 0 Å². The first-order chi connectivity index (χ1) is 20.3. The zero-order valence-electron chi connectivity index (χ0n) is 21.9. The molecule has 11 rings (SSSR count). The summed E-state index contributed by atoms with van der Waals surface area (Å²) in [4.78, 5) is 0. The quantitative estimate of drug-likeness (QED) is 0.165. The van der Waals surface area contributed by atoms with Crippen LogP contribution in [0.5, 0.6) is 0 Å². The van der Waals surface area contributed by atoms with Gasteiger partial charge in [-0.3, -0.25) is 0 Å². The van der Waals surface area contributed by atoms with Crippen molar-refractivity contribution in [2.75, 3.05) is 0 Å². The second-order valence-electron chi connectivity index (χ2n) is 11.5. The molecule has 0 saturated heterocycles. The number of hydrogen-bond donors (Lipinski definition) is 0. The van der Waals surface area contributed by atoms with Crippen LogP contribution in [0.3, 0.4) is 0 Å². The molecule has 0 N–H and O–H groups in total. The number of hydrogen-bond acceptors (Lipinski definition) is 2. The standard InChI is InChI=1S/C38H19BS2/c1-3-16-30-22(8-1)36-24-12-6-14-28-34(24)26(18-32(36)40-30)20-10-5-11-21-27-19-33-37(23-9-2-4-17-31(23)41-33)25-13-7-15-29(35(25)27)39(28)38(20)21/h1-19H. The Hall–Kier alpha value is -4.44. The molecule has 0 bridgehead atoms. The van der Waals surface area contributed by atoms with E-state index in [2.05, 4.69) is 115 Å². The lowest BCUT2D eigenvalue weighted by Crippen LogP contribution is -2.57. The van der Waals surface area contributed by atoms with Gasteiger partial charge in [0.25, 0.3) is 0 Å². The van der Waals surface area contributed by atoms with Crippen molar-refractivity contribution in [2.45, 2.75) is 0 Å². The molecule has 9 aromatic rings. The summed E-state index contributed by atoms with van der Waals surface area (Å²) in [5.41, 5.74) is 9.95. The Bertz CT molecular complexity index is 2470. The SMILES string of the molecule is c1cc2c3c(c1)-c1cc4sc5ccccc5c4c4cccc(c14)B3c1cccc3c1c-2cc1sc2ccccc2c13. The highest BCUT2D eigenvalue weighted by Crippen LogP contribution is 2.47. The first-order valence-corrected chi connectivity index (χ1v) is 15.9. The van der Waals surface area contributed by atoms with E-state index < -0.39 is 0 Å². The van der Waals surface area contributed by atoms with Crippen LogP contribution in [0, 0.1) is 0 Å². The highest BCUT2D eigenvalue weighted by molar-refractivity contribution is 7.26. The molecule has 0 saturated carbocycles. The largest absolute Gasteiger partial charge is 0.244 e. The average Bonchev–Trinajstić information content (AvgIpc) is 3.59. The van der Waals surface area contributed by atoms with Crippen LogP contribution >= 0.6 is 22.7 Å². The van der Waals surface area contributed by atoms with E-state index in [1.54, 1.807) is 0 Å². The van der Waals surface area contributed by atoms with Gasteiger partial charge in [-0.15, -0.1) is 22.7 Å². The van der Waals surface area contributed by atoms with Crippen molar-refractivity contribution in [2.24, 2.45) is 0 Å². The van der Waals surface area contributed by atoms with Crippen molar-refractivity contribution >= 4 is 108 Å². The third-order valence-electron chi connectivity index (χ3n) is 9.66. The van der Waals surface area contributed by atoms with Gasteiger partial charge >= 0.3 is 0 Å². The number of rotatable bonds is 0. The molecule has 4 heterocycles. The Balaban J connectivity index is 1.36. The maximum absolute atomic E-state index is 2.49. The van der Waals surface area contributed by atoms with Crippen molar-refractivity contribution in [3.8, 4) is 22.3 Å². The summed E-state index contributed by atoms with van der Waals surface area (Å²) >= 11 is 3.85. The van der Waals surface area contributed by atoms with Crippen LogP contribution < -0.4 is 16.4 Å². The molecule has 0 spiro atoms. The number of benzene rings is 7. The molecular formula is C38H19BS2. The van der Waals surface area contributed by atoms with Gasteiger partial charge in [-0.05, 0) is 68.1 Å². The Morgan fingerprint density at radius 2 is 0.829 bits per heavy atom. The molecule has 186 valence electrons. The Morgan fingerprint density at radius 1 is 0.366 bits per heavy atom. The molecule has 2 aliphatic heterocycles. The van der Waals surface area contributed by atoms with Crippen LogP contribution in [0.25, 0.3) is 84.1 Å². The van der Waals surface area contributed by atoms with Crippen molar-refractivity contribution in [3.05, 3.63) is 115 Å². The van der Waals surface area contributed by atoms with Crippen LogP contribution in [0.4, 0.5) is 0 Å². The maximum atomic E-state index is 2.49. The van der Waals surface area contributed by atoms with E-state index in [4.69, 9.17) is 0 Å². The minimum Gasteiger partial charge on any atom is -0.135 e. The summed E-state index contributed by atoms with van der Waals surface area (Å²) in [5.74, 6) is 0. The van der Waals surface area contributed by atoms with E-state index in [1.807, 2.05) is 22.7 Å². The minimum atomic E-state index is 0.221. The summed E-state index contributed by atoms with van der Waals surface area (Å²) in [5, 5.41) is 11.2. The van der Waals surface area contributed by atoms with Crippen LogP contribution in [0.15, 0.2) is 115 Å². The fraction of sp³-hybridized carbons (Fsp3) is 0. The van der Waals surface area contributed by atoms with E-state index in [9.17, 15) is 0 Å². The summed E-state index contributed by atoms with van der Waals surface area (Å²) in [6.45, 7) is 0.221. The van der Waals surface area contributed by atoms with Crippen LogP contribution in [0.1, 0.15) is 0 Å². The van der Waals surface area contributed by atoms with Crippen molar-refractivity contribution < 1.29 is 0 Å². The fourth-order valence-electron chi connectivity index (χ4n) is 8.18. The highest BCUT2D eigenvalue weighted by Gasteiger charge is 2.39. The predicted molar refractivity (Wildman–Crippen MR) is 183 cm³/mol. The molecule has 0 nitrogen and oxygen atoms in total. The second-order valence-corrected chi connectivity index (χ2v) is 13.7. The molecule has 0 amide bonds. The third-order valence-corrected chi connectivity index (χ3v) is 11.9. The summed E-state index contributed by atoms with van der Waals surface area (Å²) in [7, 11) is 0. The smallest absolute Gasteiger partial charge is 0.135 e.